The number of thioether (sulfide) groups is 1. The van der Waals surface area contributed by atoms with Crippen LogP contribution in [0, 0.1) is 0 Å². The Labute approximate surface area is 182 Å². The number of aromatic nitrogens is 2. The SMILES string of the molecule is NC(=O)CC1CN=C(c2cc3cccc(N(CCF)S(=O)(=O)c4ccccn4)c3[nH]2)S1. The molecular weight excluding hydrogens is 441 g/mol. The molecule has 0 radical (unpaired) electrons. The number of fused-ring (bicyclic) bond motifs is 1. The van der Waals surface area contributed by atoms with Gasteiger partial charge in [-0.05, 0) is 24.3 Å². The van der Waals surface area contributed by atoms with Crippen molar-refractivity contribution >= 4 is 49.3 Å². The molecule has 4 rings (SSSR count). The summed E-state index contributed by atoms with van der Waals surface area (Å²) in [5.74, 6) is -0.380. The molecule has 1 aromatic carbocycles. The summed E-state index contributed by atoms with van der Waals surface area (Å²) in [5, 5.41) is 1.30. The molecule has 1 amide bonds. The van der Waals surface area contributed by atoms with Gasteiger partial charge in [-0.25, -0.2) is 9.37 Å². The molecule has 1 unspecified atom stereocenters. The van der Waals surface area contributed by atoms with E-state index in [1.807, 2.05) is 12.1 Å². The maximum Gasteiger partial charge on any atom is 0.281 e. The molecule has 3 N–H and O–H groups in total. The maximum atomic E-state index is 13.4. The first-order valence-corrected chi connectivity index (χ1v) is 11.8. The van der Waals surface area contributed by atoms with Crippen LogP contribution in [0.2, 0.25) is 0 Å². The molecule has 0 fully saturated rings. The highest BCUT2D eigenvalue weighted by Gasteiger charge is 2.29. The van der Waals surface area contributed by atoms with E-state index in [-0.39, 0.29) is 29.1 Å². The average molecular weight is 462 g/mol. The number of alkyl halides is 1. The van der Waals surface area contributed by atoms with Gasteiger partial charge in [-0.2, -0.15) is 8.42 Å². The molecule has 0 saturated carbocycles. The van der Waals surface area contributed by atoms with Crippen LogP contribution in [0.3, 0.4) is 0 Å². The van der Waals surface area contributed by atoms with E-state index in [0.29, 0.717) is 23.4 Å². The standard InChI is InChI=1S/C20H20FN5O3S2/c21-7-9-26(31(28,29)18-6-1-2-8-23-18)16-5-3-4-13-10-15(25-19(13)16)20-24-12-14(30-20)11-17(22)27/h1-6,8,10,14,25H,7,9,11-12H2,(H2,22,27). The Morgan fingerprint density at radius 2 is 2.13 bits per heavy atom. The summed E-state index contributed by atoms with van der Waals surface area (Å²) in [6.07, 6.45) is 1.61. The van der Waals surface area contributed by atoms with Crippen LogP contribution < -0.4 is 10.0 Å². The van der Waals surface area contributed by atoms with Crippen molar-refractivity contribution in [3.05, 3.63) is 54.4 Å². The van der Waals surface area contributed by atoms with Gasteiger partial charge in [0.2, 0.25) is 5.91 Å². The lowest BCUT2D eigenvalue weighted by molar-refractivity contribution is -0.117. The summed E-state index contributed by atoms with van der Waals surface area (Å²) < 4.78 is 40.8. The highest BCUT2D eigenvalue weighted by molar-refractivity contribution is 8.15. The average Bonchev–Trinajstić information content (AvgIpc) is 3.39. The molecule has 0 aliphatic carbocycles. The van der Waals surface area contributed by atoms with Crippen LogP contribution in [0.25, 0.3) is 10.9 Å². The Balaban J connectivity index is 1.73. The number of carbonyl (C=O) groups is 1. The number of aliphatic imine (C=N–C) groups is 1. The predicted octanol–water partition coefficient (Wildman–Crippen LogP) is 2.47. The zero-order chi connectivity index (χ0) is 22.0. The maximum absolute atomic E-state index is 13.4. The quantitative estimate of drug-likeness (QED) is 0.534. The van der Waals surface area contributed by atoms with Crippen molar-refractivity contribution in [3.63, 3.8) is 0 Å². The number of primary amides is 1. The van der Waals surface area contributed by atoms with E-state index < -0.39 is 16.7 Å². The molecule has 3 heterocycles. The van der Waals surface area contributed by atoms with E-state index >= 15 is 0 Å². The number of para-hydroxylation sites is 1. The number of benzene rings is 1. The van der Waals surface area contributed by atoms with Crippen molar-refractivity contribution in [2.75, 3.05) is 24.1 Å². The fourth-order valence-corrected chi connectivity index (χ4v) is 5.91. The Kier molecular flexibility index (Phi) is 5.96. The molecular formula is C20H20FN5O3S2. The first kappa shape index (κ1) is 21.3. The molecule has 162 valence electrons. The van der Waals surface area contributed by atoms with Crippen molar-refractivity contribution in [3.8, 4) is 0 Å². The number of nitrogens with one attached hydrogen (secondary N) is 1. The van der Waals surface area contributed by atoms with Gasteiger partial charge in [0.05, 0.1) is 30.0 Å². The van der Waals surface area contributed by atoms with Gasteiger partial charge in [0.15, 0.2) is 5.03 Å². The first-order chi connectivity index (χ1) is 14.9. The number of hydrogen-bond donors (Lipinski definition) is 2. The van der Waals surface area contributed by atoms with Gasteiger partial charge in [-0.3, -0.25) is 14.1 Å². The second-order valence-corrected chi connectivity index (χ2v) is 10.0. The molecule has 31 heavy (non-hydrogen) atoms. The molecule has 2 aromatic heterocycles. The summed E-state index contributed by atoms with van der Waals surface area (Å²) in [5.41, 5.74) is 6.85. The molecule has 0 spiro atoms. The molecule has 11 heteroatoms. The zero-order valence-corrected chi connectivity index (χ0v) is 18.0. The third-order valence-electron chi connectivity index (χ3n) is 4.76. The minimum Gasteiger partial charge on any atom is -0.370 e. The summed E-state index contributed by atoms with van der Waals surface area (Å²) in [7, 11) is -4.06. The van der Waals surface area contributed by atoms with E-state index in [0.717, 1.165) is 14.7 Å². The second-order valence-electron chi connectivity index (χ2n) is 6.91. The zero-order valence-electron chi connectivity index (χ0n) is 16.4. The van der Waals surface area contributed by atoms with E-state index in [1.54, 1.807) is 24.3 Å². The Hall–Kier alpha value is -2.92. The summed E-state index contributed by atoms with van der Waals surface area (Å²) in [6.45, 7) is -0.719. The number of sulfonamides is 1. The number of nitrogens with zero attached hydrogens (tertiary/aromatic N) is 3. The summed E-state index contributed by atoms with van der Waals surface area (Å²) in [4.78, 5) is 22.8. The lowest BCUT2D eigenvalue weighted by atomic mass is 10.2. The molecule has 1 aliphatic rings. The molecule has 3 aromatic rings. The van der Waals surface area contributed by atoms with E-state index in [4.69, 9.17) is 5.73 Å². The van der Waals surface area contributed by atoms with Crippen LogP contribution in [-0.4, -0.2) is 54.4 Å². The number of rotatable bonds is 8. The smallest absolute Gasteiger partial charge is 0.281 e. The number of carbonyl (C=O) groups excluding carboxylic acids is 1. The van der Waals surface area contributed by atoms with Gasteiger partial charge in [-0.15, -0.1) is 0 Å². The van der Waals surface area contributed by atoms with Gasteiger partial charge >= 0.3 is 0 Å². The van der Waals surface area contributed by atoms with Crippen LogP contribution in [-0.2, 0) is 14.8 Å². The van der Waals surface area contributed by atoms with Crippen LogP contribution in [0.1, 0.15) is 12.1 Å². The Morgan fingerprint density at radius 1 is 1.29 bits per heavy atom. The highest BCUT2D eigenvalue weighted by atomic mass is 32.2. The molecule has 8 nitrogen and oxygen atoms in total. The predicted molar refractivity (Wildman–Crippen MR) is 120 cm³/mol. The lowest BCUT2D eigenvalue weighted by Crippen LogP contribution is -2.33. The number of hydrogen-bond acceptors (Lipinski definition) is 6. The fraction of sp³-hybridized carbons (Fsp3) is 0.250. The third-order valence-corrected chi connectivity index (χ3v) is 7.71. The van der Waals surface area contributed by atoms with E-state index in [1.165, 1.54) is 24.0 Å². The van der Waals surface area contributed by atoms with E-state index in [2.05, 4.69) is 15.0 Å². The lowest BCUT2D eigenvalue weighted by Gasteiger charge is -2.23. The van der Waals surface area contributed by atoms with Gasteiger partial charge < -0.3 is 10.7 Å². The molecule has 1 aliphatic heterocycles. The minimum absolute atomic E-state index is 0.0223. The van der Waals surface area contributed by atoms with E-state index in [9.17, 15) is 17.6 Å². The number of anilines is 1. The van der Waals surface area contributed by atoms with Crippen LogP contribution in [0.5, 0.6) is 0 Å². The number of H-pyrrole nitrogens is 1. The van der Waals surface area contributed by atoms with Crippen LogP contribution in [0.15, 0.2) is 58.7 Å². The summed E-state index contributed by atoms with van der Waals surface area (Å²) in [6, 6.07) is 11.6. The van der Waals surface area contributed by atoms with Crippen molar-refractivity contribution in [1.82, 2.24) is 9.97 Å². The topological polar surface area (TPSA) is 122 Å². The minimum atomic E-state index is -4.06. The number of nitrogens with two attached hydrogens (primary N) is 1. The Bertz CT molecular complexity index is 1240. The third kappa shape index (κ3) is 4.28. The van der Waals surface area contributed by atoms with Crippen LogP contribution >= 0.6 is 11.8 Å². The van der Waals surface area contributed by atoms with Gasteiger partial charge in [0, 0.05) is 23.3 Å². The van der Waals surface area contributed by atoms with Gasteiger partial charge in [0.1, 0.15) is 11.7 Å². The van der Waals surface area contributed by atoms with Crippen molar-refractivity contribution in [1.29, 1.82) is 0 Å². The normalized spacial score (nSPS) is 16.4. The van der Waals surface area contributed by atoms with Crippen molar-refractivity contribution in [2.24, 2.45) is 10.7 Å². The highest BCUT2D eigenvalue weighted by Crippen LogP contribution is 2.34. The van der Waals surface area contributed by atoms with Gasteiger partial charge in [0.25, 0.3) is 10.0 Å². The number of amides is 1. The Morgan fingerprint density at radius 3 is 2.84 bits per heavy atom. The second kappa shape index (κ2) is 8.67. The van der Waals surface area contributed by atoms with Crippen molar-refractivity contribution < 1.29 is 17.6 Å². The van der Waals surface area contributed by atoms with Crippen LogP contribution in [0.4, 0.5) is 10.1 Å². The largest absolute Gasteiger partial charge is 0.370 e. The number of pyridine rings is 1. The molecule has 0 saturated heterocycles. The molecule has 1 atom stereocenters. The van der Waals surface area contributed by atoms with Crippen molar-refractivity contribution in [2.45, 2.75) is 16.7 Å². The summed E-state index contributed by atoms with van der Waals surface area (Å²) >= 11 is 1.45. The fourth-order valence-electron chi connectivity index (χ4n) is 3.42. The molecule has 0 bridgehead atoms. The van der Waals surface area contributed by atoms with Gasteiger partial charge in [-0.1, -0.05) is 30.0 Å². The number of halogens is 1. The first-order valence-electron chi connectivity index (χ1n) is 9.51. The number of aromatic amines is 1. The monoisotopic (exact) mass is 461 g/mol.